The largest absolute Gasteiger partial charge is 0.463 e. The van der Waals surface area contributed by atoms with Crippen LogP contribution in [0.2, 0.25) is 5.02 Å². The van der Waals surface area contributed by atoms with Gasteiger partial charge in [-0.1, -0.05) is 30.7 Å². The van der Waals surface area contributed by atoms with Crippen LogP contribution in [0.3, 0.4) is 0 Å². The summed E-state index contributed by atoms with van der Waals surface area (Å²) in [4.78, 5) is 36.1. The Balaban J connectivity index is 2.09. The molecular weight excluding hydrogens is 360 g/mol. The Bertz CT molecular complexity index is 715. The minimum atomic E-state index is -0.546. The summed E-state index contributed by atoms with van der Waals surface area (Å²) < 4.78 is 10.3. The highest BCUT2D eigenvalue weighted by molar-refractivity contribution is 6.30. The molecule has 1 heterocycles. The maximum Gasteiger partial charge on any atom is 0.338 e. The first-order valence-electron chi connectivity index (χ1n) is 8.32. The normalized spacial score (nSPS) is 16.6. The summed E-state index contributed by atoms with van der Waals surface area (Å²) in [6.45, 7) is 3.51. The van der Waals surface area contributed by atoms with Crippen molar-refractivity contribution >= 4 is 29.6 Å². The second kappa shape index (κ2) is 9.24. The van der Waals surface area contributed by atoms with E-state index in [4.69, 9.17) is 21.1 Å². The smallest absolute Gasteiger partial charge is 0.338 e. The highest BCUT2D eigenvalue weighted by Crippen LogP contribution is 2.17. The van der Waals surface area contributed by atoms with E-state index in [1.54, 1.807) is 31.2 Å². The van der Waals surface area contributed by atoms with Crippen molar-refractivity contribution in [3.8, 4) is 0 Å². The fourth-order valence-corrected chi connectivity index (χ4v) is 2.67. The molecule has 2 rings (SSSR count). The van der Waals surface area contributed by atoms with Crippen LogP contribution in [-0.4, -0.2) is 37.2 Å². The Morgan fingerprint density at radius 2 is 1.85 bits per heavy atom. The van der Waals surface area contributed by atoms with Crippen molar-refractivity contribution in [2.75, 3.05) is 13.2 Å². The lowest BCUT2D eigenvalue weighted by atomic mass is 10.0. The van der Waals surface area contributed by atoms with E-state index in [-0.39, 0.29) is 30.9 Å². The first-order chi connectivity index (χ1) is 12.4. The van der Waals surface area contributed by atoms with Crippen LogP contribution in [-0.2, 0) is 25.5 Å². The Kier molecular flexibility index (Phi) is 7.03. The molecule has 1 atom stereocenters. The molecule has 7 nitrogen and oxygen atoms in total. The lowest BCUT2D eigenvalue weighted by Gasteiger charge is -2.28. The molecule has 0 saturated heterocycles. The van der Waals surface area contributed by atoms with E-state index in [1.807, 2.05) is 6.92 Å². The van der Waals surface area contributed by atoms with Crippen LogP contribution in [0, 0.1) is 0 Å². The summed E-state index contributed by atoms with van der Waals surface area (Å²) in [5.41, 5.74) is 1.26. The number of carbonyl (C=O) groups excluding carboxylic acids is 3. The molecule has 1 aliphatic rings. The number of esters is 2. The molecule has 2 amide bonds. The molecule has 1 aliphatic heterocycles. The number of hydrogen-bond acceptors (Lipinski definition) is 5. The average Bonchev–Trinajstić information content (AvgIpc) is 2.61. The number of halogens is 1. The van der Waals surface area contributed by atoms with E-state index >= 15 is 0 Å². The predicted molar refractivity (Wildman–Crippen MR) is 95.5 cm³/mol. The number of amides is 2. The molecule has 0 aromatic heterocycles. The third-order valence-electron chi connectivity index (χ3n) is 3.79. The lowest BCUT2D eigenvalue weighted by Crippen LogP contribution is -2.51. The zero-order valence-electron chi connectivity index (χ0n) is 14.6. The number of benzene rings is 1. The van der Waals surface area contributed by atoms with Crippen molar-refractivity contribution in [2.45, 2.75) is 32.7 Å². The minimum absolute atomic E-state index is 0.0581. The van der Waals surface area contributed by atoms with E-state index in [1.165, 1.54) is 0 Å². The van der Waals surface area contributed by atoms with Gasteiger partial charge in [0.2, 0.25) is 0 Å². The third-order valence-corrected chi connectivity index (χ3v) is 4.04. The van der Waals surface area contributed by atoms with Crippen molar-refractivity contribution in [3.63, 3.8) is 0 Å². The summed E-state index contributed by atoms with van der Waals surface area (Å²) in [5, 5.41) is 5.77. The molecule has 0 unspecified atom stereocenters. The summed E-state index contributed by atoms with van der Waals surface area (Å²) in [5.74, 6) is -1.03. The molecule has 0 fully saturated rings. The predicted octanol–water partition coefficient (Wildman–Crippen LogP) is 2.33. The van der Waals surface area contributed by atoms with Crippen LogP contribution >= 0.6 is 11.6 Å². The number of hydrogen-bond donors (Lipinski definition) is 2. The molecule has 0 bridgehead atoms. The van der Waals surface area contributed by atoms with Crippen LogP contribution in [0.15, 0.2) is 35.5 Å². The van der Waals surface area contributed by atoms with Crippen LogP contribution in [0.25, 0.3) is 0 Å². The van der Waals surface area contributed by atoms with Crippen LogP contribution in [0.5, 0.6) is 0 Å². The van der Waals surface area contributed by atoms with Gasteiger partial charge in [-0.15, -0.1) is 0 Å². The Morgan fingerprint density at radius 3 is 2.46 bits per heavy atom. The van der Waals surface area contributed by atoms with E-state index in [0.717, 1.165) is 5.56 Å². The van der Waals surface area contributed by atoms with Crippen molar-refractivity contribution in [1.82, 2.24) is 10.6 Å². The van der Waals surface area contributed by atoms with Gasteiger partial charge in [0.05, 0.1) is 30.3 Å². The number of carbonyl (C=O) groups is 3. The van der Waals surface area contributed by atoms with Gasteiger partial charge in [-0.05, 0) is 31.0 Å². The first-order valence-corrected chi connectivity index (χ1v) is 8.70. The molecule has 1 aromatic rings. The maximum atomic E-state index is 12.2. The molecule has 26 heavy (non-hydrogen) atoms. The van der Waals surface area contributed by atoms with E-state index in [0.29, 0.717) is 11.4 Å². The minimum Gasteiger partial charge on any atom is -0.463 e. The van der Waals surface area contributed by atoms with Crippen molar-refractivity contribution < 1.29 is 23.9 Å². The number of rotatable bonds is 7. The van der Waals surface area contributed by atoms with Crippen molar-refractivity contribution in [2.24, 2.45) is 0 Å². The van der Waals surface area contributed by atoms with Gasteiger partial charge >= 0.3 is 18.0 Å². The van der Waals surface area contributed by atoms with Gasteiger partial charge < -0.3 is 20.1 Å². The van der Waals surface area contributed by atoms with Crippen molar-refractivity contribution in [1.29, 1.82) is 0 Å². The van der Waals surface area contributed by atoms with Crippen LogP contribution < -0.4 is 10.6 Å². The third kappa shape index (κ3) is 5.23. The first kappa shape index (κ1) is 19.8. The molecule has 0 aliphatic carbocycles. The zero-order valence-corrected chi connectivity index (χ0v) is 15.4. The van der Waals surface area contributed by atoms with Crippen LogP contribution in [0.1, 0.15) is 25.8 Å². The molecule has 0 radical (unpaired) electrons. The second-order valence-electron chi connectivity index (χ2n) is 5.64. The van der Waals surface area contributed by atoms with E-state index in [2.05, 4.69) is 10.6 Å². The summed E-state index contributed by atoms with van der Waals surface area (Å²) in [6, 6.07) is 5.88. The summed E-state index contributed by atoms with van der Waals surface area (Å²) in [6.07, 6.45) is 0.562. The molecule has 140 valence electrons. The Hall–Kier alpha value is -2.54. The highest BCUT2D eigenvalue weighted by Gasteiger charge is 2.31. The SMILES string of the molecule is CCOC(=O)C1=C(COC(=O)Cc2ccc(Cl)cc2)NC(=O)N[C@@H]1CC. The van der Waals surface area contributed by atoms with Gasteiger partial charge in [0.15, 0.2) is 0 Å². The Labute approximate surface area is 156 Å². The van der Waals surface area contributed by atoms with Crippen LogP contribution in [0.4, 0.5) is 4.79 Å². The molecule has 0 spiro atoms. The zero-order chi connectivity index (χ0) is 19.1. The molecule has 2 N–H and O–H groups in total. The van der Waals surface area contributed by atoms with Gasteiger partial charge in [-0.25, -0.2) is 9.59 Å². The lowest BCUT2D eigenvalue weighted by molar-refractivity contribution is -0.143. The molecule has 8 heteroatoms. The molecular formula is C18H21ClN2O5. The quantitative estimate of drug-likeness (QED) is 0.708. The summed E-state index contributed by atoms with van der Waals surface area (Å²) in [7, 11) is 0. The van der Waals surface area contributed by atoms with Gasteiger partial charge in [0.25, 0.3) is 0 Å². The van der Waals surface area contributed by atoms with E-state index < -0.39 is 24.0 Å². The fraction of sp³-hybridized carbons (Fsp3) is 0.389. The van der Waals surface area contributed by atoms with Gasteiger partial charge in [0, 0.05) is 5.02 Å². The Morgan fingerprint density at radius 1 is 1.15 bits per heavy atom. The number of ether oxygens (including phenoxy) is 2. The summed E-state index contributed by atoms with van der Waals surface area (Å²) >= 11 is 5.81. The van der Waals surface area contributed by atoms with Gasteiger partial charge in [-0.2, -0.15) is 0 Å². The standard InChI is InChI=1S/C18H21ClN2O5/c1-3-13-16(17(23)25-4-2)14(21-18(24)20-13)10-26-15(22)9-11-5-7-12(19)8-6-11/h5-8,13H,3-4,9-10H2,1-2H3,(H2,20,21,24)/t13-/m1/s1. The maximum absolute atomic E-state index is 12.2. The highest BCUT2D eigenvalue weighted by atomic mass is 35.5. The second-order valence-corrected chi connectivity index (χ2v) is 6.07. The van der Waals surface area contributed by atoms with Gasteiger partial charge in [0.1, 0.15) is 6.61 Å². The fourth-order valence-electron chi connectivity index (χ4n) is 2.55. The number of nitrogens with one attached hydrogen (secondary N) is 2. The topological polar surface area (TPSA) is 93.7 Å². The average molecular weight is 381 g/mol. The molecule has 0 saturated carbocycles. The molecule has 1 aromatic carbocycles. The van der Waals surface area contributed by atoms with E-state index in [9.17, 15) is 14.4 Å². The monoisotopic (exact) mass is 380 g/mol. The van der Waals surface area contributed by atoms with Crippen molar-refractivity contribution in [3.05, 3.63) is 46.1 Å². The van der Waals surface area contributed by atoms with Gasteiger partial charge in [-0.3, -0.25) is 4.79 Å². The number of urea groups is 1.